The first-order valence-electron chi connectivity index (χ1n) is 6.86. The summed E-state index contributed by atoms with van der Waals surface area (Å²) in [4.78, 5) is 0. The fourth-order valence-electron chi connectivity index (χ4n) is 2.80. The predicted molar refractivity (Wildman–Crippen MR) is 70.9 cm³/mol. The molecule has 1 heterocycles. The van der Waals surface area contributed by atoms with Gasteiger partial charge in [-0.25, -0.2) is 0 Å². The van der Waals surface area contributed by atoms with Crippen molar-refractivity contribution in [3.05, 3.63) is 24.2 Å². The Kier molecular flexibility index (Phi) is 3.93. The molecular weight excluding hydrogens is 210 g/mol. The SMILES string of the molecule is C[C@H](NC1CCCC(C)(C)CC1)c1ccco1. The molecule has 0 aliphatic heterocycles. The highest BCUT2D eigenvalue weighted by molar-refractivity contribution is 5.03. The Morgan fingerprint density at radius 1 is 1.35 bits per heavy atom. The highest BCUT2D eigenvalue weighted by atomic mass is 16.3. The van der Waals surface area contributed by atoms with Crippen molar-refractivity contribution in [2.45, 2.75) is 65.0 Å². The average molecular weight is 235 g/mol. The number of furan rings is 1. The van der Waals surface area contributed by atoms with Crippen LogP contribution in [0.25, 0.3) is 0 Å². The molecule has 0 radical (unpaired) electrons. The first kappa shape index (κ1) is 12.7. The Morgan fingerprint density at radius 3 is 2.88 bits per heavy atom. The normalized spacial score (nSPS) is 26.4. The lowest BCUT2D eigenvalue weighted by Crippen LogP contribution is -2.31. The van der Waals surface area contributed by atoms with Crippen molar-refractivity contribution >= 4 is 0 Å². The maximum Gasteiger partial charge on any atom is 0.120 e. The van der Waals surface area contributed by atoms with Crippen LogP contribution in [0, 0.1) is 5.41 Å². The third kappa shape index (κ3) is 3.60. The second-order valence-corrected chi connectivity index (χ2v) is 6.20. The van der Waals surface area contributed by atoms with Crippen LogP contribution in [0.5, 0.6) is 0 Å². The van der Waals surface area contributed by atoms with Gasteiger partial charge in [-0.05, 0) is 50.2 Å². The second-order valence-electron chi connectivity index (χ2n) is 6.20. The van der Waals surface area contributed by atoms with Crippen LogP contribution in [0.2, 0.25) is 0 Å². The number of rotatable bonds is 3. The van der Waals surface area contributed by atoms with Crippen molar-refractivity contribution in [3.63, 3.8) is 0 Å². The third-order valence-corrected chi connectivity index (χ3v) is 4.03. The molecule has 1 aromatic rings. The summed E-state index contributed by atoms with van der Waals surface area (Å²) in [5, 5.41) is 3.71. The molecule has 0 saturated heterocycles. The zero-order valence-corrected chi connectivity index (χ0v) is 11.3. The van der Waals surface area contributed by atoms with Gasteiger partial charge in [0.1, 0.15) is 5.76 Å². The van der Waals surface area contributed by atoms with Gasteiger partial charge in [0.25, 0.3) is 0 Å². The van der Waals surface area contributed by atoms with Crippen LogP contribution in [0.15, 0.2) is 22.8 Å². The largest absolute Gasteiger partial charge is 0.468 e. The Hall–Kier alpha value is -0.760. The molecule has 0 amide bonds. The molecule has 1 aliphatic carbocycles. The first-order chi connectivity index (χ1) is 8.07. The van der Waals surface area contributed by atoms with Crippen LogP contribution < -0.4 is 5.32 Å². The molecule has 1 N–H and O–H groups in total. The minimum atomic E-state index is 0.330. The van der Waals surface area contributed by atoms with Crippen molar-refractivity contribution in [1.82, 2.24) is 5.32 Å². The smallest absolute Gasteiger partial charge is 0.120 e. The van der Waals surface area contributed by atoms with Crippen molar-refractivity contribution in [3.8, 4) is 0 Å². The van der Waals surface area contributed by atoms with Crippen LogP contribution in [0.1, 0.15) is 64.7 Å². The molecule has 0 aromatic carbocycles. The molecule has 1 saturated carbocycles. The van der Waals surface area contributed by atoms with Crippen LogP contribution in [0.3, 0.4) is 0 Å². The van der Waals surface area contributed by atoms with E-state index in [2.05, 4.69) is 32.2 Å². The summed E-state index contributed by atoms with van der Waals surface area (Å²) in [6.07, 6.45) is 8.38. The summed E-state index contributed by atoms with van der Waals surface area (Å²) in [7, 11) is 0. The number of hydrogen-bond donors (Lipinski definition) is 1. The topological polar surface area (TPSA) is 25.2 Å². The molecule has 2 atom stereocenters. The Labute approximate surface area is 105 Å². The van der Waals surface area contributed by atoms with Gasteiger partial charge < -0.3 is 9.73 Å². The molecule has 0 spiro atoms. The van der Waals surface area contributed by atoms with Gasteiger partial charge in [-0.3, -0.25) is 0 Å². The lowest BCUT2D eigenvalue weighted by atomic mass is 9.85. The molecule has 1 fully saturated rings. The Bertz CT molecular complexity index is 329. The number of nitrogens with one attached hydrogen (secondary N) is 1. The molecule has 1 aliphatic rings. The fourth-order valence-corrected chi connectivity index (χ4v) is 2.80. The third-order valence-electron chi connectivity index (χ3n) is 4.03. The summed E-state index contributed by atoms with van der Waals surface area (Å²) >= 11 is 0. The lowest BCUT2D eigenvalue weighted by Gasteiger charge is -2.23. The predicted octanol–water partition coefficient (Wildman–Crippen LogP) is 4.29. The van der Waals surface area contributed by atoms with Crippen LogP contribution in [-0.2, 0) is 0 Å². The summed E-state index contributed by atoms with van der Waals surface area (Å²) in [5.74, 6) is 1.05. The van der Waals surface area contributed by atoms with Crippen LogP contribution in [-0.4, -0.2) is 6.04 Å². The first-order valence-corrected chi connectivity index (χ1v) is 6.86. The zero-order valence-electron chi connectivity index (χ0n) is 11.3. The highest BCUT2D eigenvalue weighted by Crippen LogP contribution is 2.34. The molecule has 96 valence electrons. The van der Waals surface area contributed by atoms with Crippen molar-refractivity contribution in [2.24, 2.45) is 5.41 Å². The van der Waals surface area contributed by atoms with Crippen LogP contribution in [0.4, 0.5) is 0 Å². The van der Waals surface area contributed by atoms with E-state index in [9.17, 15) is 0 Å². The summed E-state index contributed by atoms with van der Waals surface area (Å²) in [6.45, 7) is 6.98. The summed E-state index contributed by atoms with van der Waals surface area (Å²) < 4.78 is 5.45. The van der Waals surface area contributed by atoms with E-state index in [1.165, 1.54) is 32.1 Å². The standard InChI is InChI=1S/C15H25NO/c1-12(14-7-5-11-17-14)16-13-6-4-9-15(2,3)10-8-13/h5,7,11-13,16H,4,6,8-10H2,1-3H3/t12-,13?/m0/s1. The van der Waals surface area contributed by atoms with Crippen LogP contribution >= 0.6 is 0 Å². The van der Waals surface area contributed by atoms with E-state index in [4.69, 9.17) is 4.42 Å². The highest BCUT2D eigenvalue weighted by Gasteiger charge is 2.25. The van der Waals surface area contributed by atoms with Crippen molar-refractivity contribution in [2.75, 3.05) is 0 Å². The fraction of sp³-hybridized carbons (Fsp3) is 0.733. The van der Waals surface area contributed by atoms with Crippen molar-refractivity contribution < 1.29 is 4.42 Å². The van der Waals surface area contributed by atoms with Gasteiger partial charge in [-0.1, -0.05) is 20.3 Å². The monoisotopic (exact) mass is 235 g/mol. The molecule has 17 heavy (non-hydrogen) atoms. The second kappa shape index (κ2) is 5.26. The van der Waals surface area contributed by atoms with Gasteiger partial charge >= 0.3 is 0 Å². The maximum atomic E-state index is 5.45. The Balaban J connectivity index is 1.87. The van der Waals surface area contributed by atoms with E-state index in [0.717, 1.165) is 5.76 Å². The molecule has 2 rings (SSSR count). The maximum absolute atomic E-state index is 5.45. The quantitative estimate of drug-likeness (QED) is 0.791. The molecule has 2 heteroatoms. The van der Waals surface area contributed by atoms with E-state index in [-0.39, 0.29) is 0 Å². The van der Waals surface area contributed by atoms with E-state index in [1.807, 2.05) is 6.07 Å². The molecule has 1 aromatic heterocycles. The summed E-state index contributed by atoms with van der Waals surface area (Å²) in [6, 6.07) is 5.00. The van der Waals surface area contributed by atoms with Crippen molar-refractivity contribution in [1.29, 1.82) is 0 Å². The van der Waals surface area contributed by atoms with Gasteiger partial charge in [0.15, 0.2) is 0 Å². The van der Waals surface area contributed by atoms with Gasteiger partial charge in [-0.15, -0.1) is 0 Å². The minimum absolute atomic E-state index is 0.330. The number of hydrogen-bond acceptors (Lipinski definition) is 2. The van der Waals surface area contributed by atoms with E-state index < -0.39 is 0 Å². The Morgan fingerprint density at radius 2 is 2.18 bits per heavy atom. The molecule has 1 unspecified atom stereocenters. The van der Waals surface area contributed by atoms with E-state index >= 15 is 0 Å². The van der Waals surface area contributed by atoms with Gasteiger partial charge in [0, 0.05) is 6.04 Å². The van der Waals surface area contributed by atoms with Gasteiger partial charge in [-0.2, -0.15) is 0 Å². The lowest BCUT2D eigenvalue weighted by molar-refractivity contribution is 0.305. The zero-order chi connectivity index (χ0) is 12.3. The average Bonchev–Trinajstić information content (AvgIpc) is 2.73. The summed E-state index contributed by atoms with van der Waals surface area (Å²) in [5.41, 5.74) is 0.532. The molecule has 0 bridgehead atoms. The minimum Gasteiger partial charge on any atom is -0.468 e. The molecule has 2 nitrogen and oxygen atoms in total. The van der Waals surface area contributed by atoms with Gasteiger partial charge in [0.2, 0.25) is 0 Å². The van der Waals surface area contributed by atoms with E-state index in [1.54, 1.807) is 6.26 Å². The van der Waals surface area contributed by atoms with E-state index in [0.29, 0.717) is 17.5 Å². The molecular formula is C15H25NO. The van der Waals surface area contributed by atoms with Gasteiger partial charge in [0.05, 0.1) is 12.3 Å².